The van der Waals surface area contributed by atoms with Gasteiger partial charge >= 0.3 is 12.1 Å². The van der Waals surface area contributed by atoms with Crippen LogP contribution in [0.3, 0.4) is 0 Å². The van der Waals surface area contributed by atoms with Gasteiger partial charge in [-0.15, -0.1) is 0 Å². The molecule has 0 aliphatic rings. The molecule has 1 aromatic heterocycles. The van der Waals surface area contributed by atoms with E-state index < -0.39 is 12.1 Å². The van der Waals surface area contributed by atoms with Gasteiger partial charge in [-0.3, -0.25) is 5.32 Å². The fourth-order valence-corrected chi connectivity index (χ4v) is 1.97. The lowest BCUT2D eigenvalue weighted by atomic mass is 10.2. The number of anilines is 1. The molecule has 0 aliphatic carbocycles. The predicted molar refractivity (Wildman–Crippen MR) is 87.6 cm³/mol. The van der Waals surface area contributed by atoms with Crippen molar-refractivity contribution in [1.29, 1.82) is 0 Å². The summed E-state index contributed by atoms with van der Waals surface area (Å²) in [6.07, 6.45) is -0.722. The van der Waals surface area contributed by atoms with E-state index in [1.54, 1.807) is 38.1 Å². The Morgan fingerprint density at radius 3 is 2.54 bits per heavy atom. The van der Waals surface area contributed by atoms with Gasteiger partial charge in [0.25, 0.3) is 0 Å². The third-order valence-corrected chi connectivity index (χ3v) is 3.06. The number of rotatable bonds is 5. The fourth-order valence-electron chi connectivity index (χ4n) is 1.97. The van der Waals surface area contributed by atoms with Gasteiger partial charge in [0.2, 0.25) is 5.88 Å². The lowest BCUT2D eigenvalue weighted by Gasteiger charge is -2.13. The van der Waals surface area contributed by atoms with E-state index in [4.69, 9.17) is 14.2 Å². The first kappa shape index (κ1) is 17.3. The molecule has 7 nitrogen and oxygen atoms in total. The SMILES string of the molecule is CCOC(=O)c1cc(NC(=O)Oc2ccccc2)c(OC)nc1C. The van der Waals surface area contributed by atoms with Gasteiger partial charge in [-0.25, -0.2) is 14.6 Å². The van der Waals surface area contributed by atoms with Crippen molar-refractivity contribution in [3.63, 3.8) is 0 Å². The number of esters is 1. The summed E-state index contributed by atoms with van der Waals surface area (Å²) >= 11 is 0. The van der Waals surface area contributed by atoms with Crippen LogP contribution in [0.25, 0.3) is 0 Å². The highest BCUT2D eigenvalue weighted by atomic mass is 16.6. The summed E-state index contributed by atoms with van der Waals surface area (Å²) in [4.78, 5) is 28.1. The third kappa shape index (κ3) is 4.22. The van der Waals surface area contributed by atoms with Crippen LogP contribution in [0.2, 0.25) is 0 Å². The number of methoxy groups -OCH3 is 1. The zero-order chi connectivity index (χ0) is 17.5. The number of hydrogen-bond donors (Lipinski definition) is 1. The second-order valence-corrected chi connectivity index (χ2v) is 4.73. The molecule has 7 heteroatoms. The Kier molecular flexibility index (Phi) is 5.73. The summed E-state index contributed by atoms with van der Waals surface area (Å²) in [6, 6.07) is 10.0. The molecule has 0 bridgehead atoms. The first-order chi connectivity index (χ1) is 11.5. The van der Waals surface area contributed by atoms with E-state index in [0.717, 1.165) is 0 Å². The molecular weight excluding hydrogens is 312 g/mol. The number of pyridine rings is 1. The number of carbonyl (C=O) groups is 2. The number of ether oxygens (including phenoxy) is 3. The average Bonchev–Trinajstić information content (AvgIpc) is 2.57. The standard InChI is InChI=1S/C17H18N2O5/c1-4-23-16(20)13-10-14(15(22-3)18-11(13)2)19-17(21)24-12-8-6-5-7-9-12/h5-10H,4H2,1-3H3,(H,19,21). The Bertz CT molecular complexity index is 731. The highest BCUT2D eigenvalue weighted by Crippen LogP contribution is 2.25. The van der Waals surface area contributed by atoms with Crippen LogP contribution in [0.4, 0.5) is 10.5 Å². The van der Waals surface area contributed by atoms with Crippen LogP contribution >= 0.6 is 0 Å². The molecule has 0 aliphatic heterocycles. The van der Waals surface area contributed by atoms with Crippen LogP contribution < -0.4 is 14.8 Å². The smallest absolute Gasteiger partial charge is 0.417 e. The van der Waals surface area contributed by atoms with E-state index in [9.17, 15) is 9.59 Å². The number of benzene rings is 1. The molecule has 2 rings (SSSR count). The number of amides is 1. The normalized spacial score (nSPS) is 9.96. The van der Waals surface area contributed by atoms with Gasteiger partial charge in [0.15, 0.2) is 0 Å². The average molecular weight is 330 g/mol. The van der Waals surface area contributed by atoms with E-state index in [0.29, 0.717) is 11.4 Å². The molecule has 0 unspecified atom stereocenters. The van der Waals surface area contributed by atoms with Gasteiger partial charge in [0.05, 0.1) is 25.0 Å². The summed E-state index contributed by atoms with van der Waals surface area (Å²) in [5.41, 5.74) is 0.895. The maximum absolute atomic E-state index is 12.0. The highest BCUT2D eigenvalue weighted by Gasteiger charge is 2.18. The monoisotopic (exact) mass is 330 g/mol. The van der Waals surface area contributed by atoms with Crippen LogP contribution in [0.5, 0.6) is 11.6 Å². The van der Waals surface area contributed by atoms with Gasteiger partial charge in [-0.05, 0) is 32.0 Å². The zero-order valence-electron chi connectivity index (χ0n) is 13.7. The van der Waals surface area contributed by atoms with Crippen molar-refractivity contribution in [3.05, 3.63) is 47.7 Å². The summed E-state index contributed by atoms with van der Waals surface area (Å²) < 4.78 is 15.3. The fraction of sp³-hybridized carbons (Fsp3) is 0.235. The van der Waals surface area contributed by atoms with Crippen LogP contribution in [-0.4, -0.2) is 30.8 Å². The van der Waals surface area contributed by atoms with Crippen LogP contribution in [0.15, 0.2) is 36.4 Å². The van der Waals surface area contributed by atoms with Gasteiger partial charge in [-0.2, -0.15) is 0 Å². The minimum atomic E-state index is -0.722. The molecular formula is C17H18N2O5. The predicted octanol–water partition coefficient (Wildman–Crippen LogP) is 3.19. The van der Waals surface area contributed by atoms with Crippen molar-refractivity contribution >= 4 is 17.7 Å². The highest BCUT2D eigenvalue weighted by molar-refractivity contribution is 5.94. The molecule has 0 spiro atoms. The number of para-hydroxylation sites is 1. The maximum Gasteiger partial charge on any atom is 0.417 e. The summed E-state index contributed by atoms with van der Waals surface area (Å²) in [7, 11) is 1.42. The van der Waals surface area contributed by atoms with Gasteiger partial charge in [0, 0.05) is 0 Å². The first-order valence-electron chi connectivity index (χ1n) is 7.31. The molecule has 1 N–H and O–H groups in total. The van der Waals surface area contributed by atoms with Crippen molar-refractivity contribution in [2.45, 2.75) is 13.8 Å². The number of aryl methyl sites for hydroxylation is 1. The van der Waals surface area contributed by atoms with E-state index in [2.05, 4.69) is 10.3 Å². The maximum atomic E-state index is 12.0. The van der Waals surface area contributed by atoms with Crippen LogP contribution in [0.1, 0.15) is 23.0 Å². The van der Waals surface area contributed by atoms with E-state index in [-0.39, 0.29) is 23.7 Å². The molecule has 1 aromatic carbocycles. The number of nitrogens with zero attached hydrogens (tertiary/aromatic N) is 1. The molecule has 0 radical (unpaired) electrons. The molecule has 1 amide bonds. The van der Waals surface area contributed by atoms with E-state index in [1.165, 1.54) is 13.2 Å². The van der Waals surface area contributed by atoms with Crippen molar-refractivity contribution < 1.29 is 23.8 Å². The second-order valence-electron chi connectivity index (χ2n) is 4.73. The molecule has 0 atom stereocenters. The molecule has 0 saturated heterocycles. The van der Waals surface area contributed by atoms with Crippen molar-refractivity contribution in [2.24, 2.45) is 0 Å². The first-order valence-corrected chi connectivity index (χ1v) is 7.31. The zero-order valence-corrected chi connectivity index (χ0v) is 13.7. The Morgan fingerprint density at radius 2 is 1.92 bits per heavy atom. The number of aromatic nitrogens is 1. The van der Waals surface area contributed by atoms with Gasteiger partial charge < -0.3 is 14.2 Å². The Morgan fingerprint density at radius 1 is 1.21 bits per heavy atom. The lowest BCUT2D eigenvalue weighted by Crippen LogP contribution is -2.18. The number of carbonyl (C=O) groups excluding carboxylic acids is 2. The summed E-state index contributed by atoms with van der Waals surface area (Å²) in [6.45, 7) is 3.60. The Labute approximate surface area is 139 Å². The van der Waals surface area contributed by atoms with Crippen molar-refractivity contribution in [3.8, 4) is 11.6 Å². The molecule has 24 heavy (non-hydrogen) atoms. The van der Waals surface area contributed by atoms with Crippen LogP contribution in [0, 0.1) is 6.92 Å². The summed E-state index contributed by atoms with van der Waals surface area (Å²) in [5, 5.41) is 2.52. The third-order valence-electron chi connectivity index (χ3n) is 3.06. The van der Waals surface area contributed by atoms with Crippen LogP contribution in [-0.2, 0) is 4.74 Å². The Hall–Kier alpha value is -3.09. The molecule has 0 fully saturated rings. The lowest BCUT2D eigenvalue weighted by molar-refractivity contribution is 0.0525. The summed E-state index contributed by atoms with van der Waals surface area (Å²) in [5.74, 6) is 0.0369. The largest absolute Gasteiger partial charge is 0.480 e. The van der Waals surface area contributed by atoms with Gasteiger partial charge in [0.1, 0.15) is 11.4 Å². The molecule has 2 aromatic rings. The van der Waals surface area contributed by atoms with E-state index >= 15 is 0 Å². The second kappa shape index (κ2) is 7.96. The topological polar surface area (TPSA) is 86.8 Å². The molecule has 1 heterocycles. The molecule has 126 valence electrons. The van der Waals surface area contributed by atoms with Crippen molar-refractivity contribution in [1.82, 2.24) is 4.98 Å². The molecule has 0 saturated carbocycles. The minimum Gasteiger partial charge on any atom is -0.480 e. The Balaban J connectivity index is 2.22. The van der Waals surface area contributed by atoms with Gasteiger partial charge in [-0.1, -0.05) is 18.2 Å². The van der Waals surface area contributed by atoms with E-state index in [1.807, 2.05) is 6.07 Å². The van der Waals surface area contributed by atoms with Crippen molar-refractivity contribution in [2.75, 3.05) is 19.0 Å². The number of hydrogen-bond acceptors (Lipinski definition) is 6. The quantitative estimate of drug-likeness (QED) is 0.847. The minimum absolute atomic E-state index is 0.172. The number of nitrogens with one attached hydrogen (secondary N) is 1.